The van der Waals surface area contributed by atoms with Gasteiger partial charge >= 0.3 is 0 Å². The SMILES string of the molecule is COc1cc2c(cc1OC)CN(Cc1coc3c(Cl)cc(Cl)cc3c1=O)CC2. The summed E-state index contributed by atoms with van der Waals surface area (Å²) in [4.78, 5) is 15.1. The molecule has 0 amide bonds. The Morgan fingerprint density at radius 1 is 1.07 bits per heavy atom. The largest absolute Gasteiger partial charge is 0.493 e. The third kappa shape index (κ3) is 3.46. The standard InChI is InChI=1S/C21H19Cl2NO4/c1-26-18-5-12-3-4-24(9-13(12)6-19(18)27-2)10-14-11-28-21-16(20(14)25)7-15(22)8-17(21)23/h5-8,11H,3-4,9-10H2,1-2H3. The quantitative estimate of drug-likeness (QED) is 0.614. The summed E-state index contributed by atoms with van der Waals surface area (Å²) >= 11 is 12.2. The highest BCUT2D eigenvalue weighted by Crippen LogP contribution is 2.33. The van der Waals surface area contributed by atoms with Crippen LogP contribution < -0.4 is 14.9 Å². The average molecular weight is 420 g/mol. The third-order valence-corrected chi connectivity index (χ3v) is 5.55. The third-order valence-electron chi connectivity index (χ3n) is 5.05. The van der Waals surface area contributed by atoms with Crippen LogP contribution in [0.15, 0.2) is 39.7 Å². The maximum absolute atomic E-state index is 12.9. The van der Waals surface area contributed by atoms with Gasteiger partial charge in [0.05, 0.1) is 30.9 Å². The number of methoxy groups -OCH3 is 2. The van der Waals surface area contributed by atoms with E-state index in [-0.39, 0.29) is 5.43 Å². The first-order valence-electron chi connectivity index (χ1n) is 8.85. The first-order valence-corrected chi connectivity index (χ1v) is 9.61. The van der Waals surface area contributed by atoms with Crippen LogP contribution >= 0.6 is 23.2 Å². The Bertz CT molecular complexity index is 1110. The Hall–Kier alpha value is -2.21. The topological polar surface area (TPSA) is 51.9 Å². The van der Waals surface area contributed by atoms with Crippen molar-refractivity contribution in [1.82, 2.24) is 4.90 Å². The van der Waals surface area contributed by atoms with Gasteiger partial charge in [-0.2, -0.15) is 0 Å². The number of hydrogen-bond donors (Lipinski definition) is 0. The summed E-state index contributed by atoms with van der Waals surface area (Å²) in [5, 5.41) is 1.15. The van der Waals surface area contributed by atoms with Gasteiger partial charge in [0.1, 0.15) is 0 Å². The molecule has 146 valence electrons. The van der Waals surface area contributed by atoms with E-state index in [1.807, 2.05) is 12.1 Å². The molecule has 4 rings (SSSR count). The first-order chi connectivity index (χ1) is 13.5. The van der Waals surface area contributed by atoms with Gasteiger partial charge in [0.25, 0.3) is 0 Å². The molecular weight excluding hydrogens is 401 g/mol. The van der Waals surface area contributed by atoms with E-state index in [1.165, 1.54) is 17.4 Å². The molecule has 0 saturated carbocycles. The van der Waals surface area contributed by atoms with Crippen LogP contribution in [0.1, 0.15) is 16.7 Å². The second kappa shape index (κ2) is 7.66. The second-order valence-electron chi connectivity index (χ2n) is 6.79. The van der Waals surface area contributed by atoms with Crippen molar-refractivity contribution in [3.63, 3.8) is 0 Å². The summed E-state index contributed by atoms with van der Waals surface area (Å²) in [6.07, 6.45) is 2.36. The van der Waals surface area contributed by atoms with Crippen molar-refractivity contribution in [1.29, 1.82) is 0 Å². The molecule has 2 heterocycles. The molecule has 0 spiro atoms. The van der Waals surface area contributed by atoms with E-state index in [0.29, 0.717) is 45.4 Å². The van der Waals surface area contributed by atoms with Crippen molar-refractivity contribution in [2.45, 2.75) is 19.5 Å². The summed E-state index contributed by atoms with van der Waals surface area (Å²) in [7, 11) is 3.26. The van der Waals surface area contributed by atoms with E-state index < -0.39 is 0 Å². The Morgan fingerprint density at radius 3 is 2.50 bits per heavy atom. The highest BCUT2D eigenvalue weighted by atomic mass is 35.5. The number of halogens is 2. The van der Waals surface area contributed by atoms with Crippen molar-refractivity contribution in [3.05, 3.63) is 67.5 Å². The minimum absolute atomic E-state index is 0.108. The fraction of sp³-hybridized carbons (Fsp3) is 0.286. The highest BCUT2D eigenvalue weighted by Gasteiger charge is 2.21. The van der Waals surface area contributed by atoms with Gasteiger partial charge in [-0.05, 0) is 41.8 Å². The van der Waals surface area contributed by atoms with Crippen molar-refractivity contribution >= 4 is 34.2 Å². The van der Waals surface area contributed by atoms with Crippen LogP contribution in [0.2, 0.25) is 10.0 Å². The lowest BCUT2D eigenvalue weighted by molar-refractivity contribution is 0.242. The van der Waals surface area contributed by atoms with E-state index >= 15 is 0 Å². The van der Waals surface area contributed by atoms with Gasteiger partial charge < -0.3 is 13.9 Å². The predicted molar refractivity (Wildman–Crippen MR) is 110 cm³/mol. The number of ether oxygens (including phenoxy) is 2. The minimum atomic E-state index is -0.108. The number of rotatable bonds is 4. The molecular formula is C21H19Cl2NO4. The summed E-state index contributed by atoms with van der Waals surface area (Å²) in [5.74, 6) is 1.44. The Kier molecular flexibility index (Phi) is 5.23. The lowest BCUT2D eigenvalue weighted by Gasteiger charge is -2.29. The van der Waals surface area contributed by atoms with E-state index in [9.17, 15) is 4.79 Å². The van der Waals surface area contributed by atoms with E-state index in [0.717, 1.165) is 18.7 Å². The van der Waals surface area contributed by atoms with Crippen molar-refractivity contribution < 1.29 is 13.9 Å². The fourth-order valence-corrected chi connectivity index (χ4v) is 4.17. The Balaban J connectivity index is 1.63. The van der Waals surface area contributed by atoms with Gasteiger partial charge in [-0.1, -0.05) is 23.2 Å². The molecule has 3 aromatic rings. The monoisotopic (exact) mass is 419 g/mol. The van der Waals surface area contributed by atoms with Gasteiger partial charge in [-0.3, -0.25) is 9.69 Å². The number of nitrogens with zero attached hydrogens (tertiary/aromatic N) is 1. The van der Waals surface area contributed by atoms with Crippen LogP contribution in [0.3, 0.4) is 0 Å². The zero-order valence-corrected chi connectivity index (χ0v) is 17.1. The zero-order valence-electron chi connectivity index (χ0n) is 15.6. The molecule has 28 heavy (non-hydrogen) atoms. The van der Waals surface area contributed by atoms with E-state index in [1.54, 1.807) is 26.4 Å². The van der Waals surface area contributed by atoms with E-state index in [4.69, 9.17) is 37.1 Å². The fourth-order valence-electron chi connectivity index (χ4n) is 3.63. The van der Waals surface area contributed by atoms with Crippen molar-refractivity contribution in [3.8, 4) is 11.5 Å². The minimum Gasteiger partial charge on any atom is -0.493 e. The molecule has 1 aliphatic heterocycles. The lowest BCUT2D eigenvalue weighted by Crippen LogP contribution is -2.31. The van der Waals surface area contributed by atoms with E-state index in [2.05, 4.69) is 4.90 Å². The van der Waals surface area contributed by atoms with Gasteiger partial charge in [0.15, 0.2) is 22.5 Å². The number of fused-ring (bicyclic) bond motifs is 2. The Labute approximate surface area is 172 Å². The average Bonchev–Trinajstić information content (AvgIpc) is 2.69. The maximum atomic E-state index is 12.9. The summed E-state index contributed by atoms with van der Waals surface area (Å²) in [6.45, 7) is 2.02. The lowest BCUT2D eigenvalue weighted by atomic mass is 9.98. The molecule has 0 atom stereocenters. The molecule has 0 N–H and O–H groups in total. The van der Waals surface area contributed by atoms with Crippen molar-refractivity contribution in [2.75, 3.05) is 20.8 Å². The molecule has 0 unspecified atom stereocenters. The summed E-state index contributed by atoms with van der Waals surface area (Å²) < 4.78 is 16.4. The summed E-state index contributed by atoms with van der Waals surface area (Å²) in [5.41, 5.74) is 3.23. The predicted octanol–water partition coefficient (Wildman–Crippen LogP) is 4.68. The molecule has 0 radical (unpaired) electrons. The number of hydrogen-bond acceptors (Lipinski definition) is 5. The highest BCUT2D eigenvalue weighted by molar-refractivity contribution is 6.38. The van der Waals surface area contributed by atoms with Crippen LogP contribution in [-0.2, 0) is 19.5 Å². The van der Waals surface area contributed by atoms with Gasteiger partial charge in [0, 0.05) is 30.2 Å². The zero-order chi connectivity index (χ0) is 19.8. The van der Waals surface area contributed by atoms with Crippen LogP contribution in [-0.4, -0.2) is 25.7 Å². The molecule has 0 bridgehead atoms. The van der Waals surface area contributed by atoms with Gasteiger partial charge in [-0.15, -0.1) is 0 Å². The Morgan fingerprint density at radius 2 is 1.79 bits per heavy atom. The molecule has 0 fully saturated rings. The number of benzene rings is 2. The summed E-state index contributed by atoms with van der Waals surface area (Å²) in [6, 6.07) is 7.20. The normalized spacial score (nSPS) is 14.1. The molecule has 0 aliphatic carbocycles. The molecule has 0 saturated heterocycles. The smallest absolute Gasteiger partial charge is 0.197 e. The maximum Gasteiger partial charge on any atom is 0.197 e. The first kappa shape index (κ1) is 19.1. The molecule has 1 aromatic heterocycles. The molecule has 5 nitrogen and oxygen atoms in total. The van der Waals surface area contributed by atoms with Gasteiger partial charge in [0.2, 0.25) is 0 Å². The second-order valence-corrected chi connectivity index (χ2v) is 7.63. The molecule has 7 heteroatoms. The van der Waals surface area contributed by atoms with Crippen LogP contribution in [0.5, 0.6) is 11.5 Å². The van der Waals surface area contributed by atoms with Gasteiger partial charge in [-0.25, -0.2) is 0 Å². The van der Waals surface area contributed by atoms with Crippen LogP contribution in [0, 0.1) is 0 Å². The molecule has 2 aromatic carbocycles. The van der Waals surface area contributed by atoms with Crippen molar-refractivity contribution in [2.24, 2.45) is 0 Å². The van der Waals surface area contributed by atoms with Crippen LogP contribution in [0.4, 0.5) is 0 Å². The van der Waals surface area contributed by atoms with Crippen LogP contribution in [0.25, 0.3) is 11.0 Å². The molecule has 1 aliphatic rings.